The first-order chi connectivity index (χ1) is 15.0. The van der Waals surface area contributed by atoms with Gasteiger partial charge in [-0.3, -0.25) is 10.8 Å². The van der Waals surface area contributed by atoms with Crippen molar-refractivity contribution in [2.75, 3.05) is 5.43 Å². The minimum atomic E-state index is -5.01. The molecule has 3 N–H and O–H groups in total. The van der Waals surface area contributed by atoms with Crippen LogP contribution in [0.15, 0.2) is 49.1 Å². The summed E-state index contributed by atoms with van der Waals surface area (Å²) < 4.78 is 83.9. The SMILES string of the molecule is NNc1cncc(OC(=O)/C=C\n2cnc(-c3cc(C(F)(F)F)cc(C(F)(F)F)c3)n2)c1. The summed E-state index contributed by atoms with van der Waals surface area (Å²) in [5, 5.41) is 3.77. The van der Waals surface area contributed by atoms with Gasteiger partial charge in [0, 0.05) is 23.9 Å². The van der Waals surface area contributed by atoms with Crippen LogP contribution in [0.5, 0.6) is 5.75 Å². The Morgan fingerprint density at radius 2 is 1.69 bits per heavy atom. The van der Waals surface area contributed by atoms with Crippen LogP contribution < -0.4 is 16.0 Å². The quantitative estimate of drug-likeness (QED) is 0.197. The number of nitrogens with zero attached hydrogens (tertiary/aromatic N) is 4. The number of alkyl halides is 6. The van der Waals surface area contributed by atoms with Gasteiger partial charge in [-0.15, -0.1) is 5.10 Å². The molecular weight excluding hydrogens is 446 g/mol. The van der Waals surface area contributed by atoms with E-state index >= 15 is 0 Å². The maximum absolute atomic E-state index is 13.0. The van der Waals surface area contributed by atoms with E-state index in [0.717, 1.165) is 23.3 Å². The molecule has 0 aliphatic rings. The molecule has 0 atom stereocenters. The summed E-state index contributed by atoms with van der Waals surface area (Å²) in [5.41, 5.74) is -0.817. The molecule has 168 valence electrons. The lowest BCUT2D eigenvalue weighted by atomic mass is 10.0. The molecule has 8 nitrogen and oxygen atoms in total. The van der Waals surface area contributed by atoms with E-state index in [1.54, 1.807) is 0 Å². The van der Waals surface area contributed by atoms with E-state index in [0.29, 0.717) is 17.8 Å². The highest BCUT2D eigenvalue weighted by Crippen LogP contribution is 2.38. The maximum Gasteiger partial charge on any atom is 0.416 e. The number of aromatic nitrogens is 4. The lowest BCUT2D eigenvalue weighted by molar-refractivity contribution is -0.143. The van der Waals surface area contributed by atoms with Crippen molar-refractivity contribution in [3.8, 4) is 17.1 Å². The van der Waals surface area contributed by atoms with Gasteiger partial charge in [0.05, 0.1) is 29.2 Å². The molecule has 0 aliphatic heterocycles. The number of halogens is 6. The Morgan fingerprint density at radius 1 is 1.03 bits per heavy atom. The van der Waals surface area contributed by atoms with E-state index in [9.17, 15) is 31.1 Å². The minimum Gasteiger partial charge on any atom is -0.422 e. The average molecular weight is 458 g/mol. The summed E-state index contributed by atoms with van der Waals surface area (Å²) in [4.78, 5) is 19.4. The van der Waals surface area contributed by atoms with Crippen molar-refractivity contribution in [2.45, 2.75) is 12.4 Å². The van der Waals surface area contributed by atoms with E-state index in [-0.39, 0.29) is 11.8 Å². The number of hydrogen-bond acceptors (Lipinski definition) is 7. The molecule has 2 heterocycles. The third-order valence-corrected chi connectivity index (χ3v) is 3.82. The fourth-order valence-electron chi connectivity index (χ4n) is 2.40. The van der Waals surface area contributed by atoms with Crippen LogP contribution in [0, 0.1) is 0 Å². The fourth-order valence-corrected chi connectivity index (χ4v) is 2.40. The number of rotatable bonds is 5. The van der Waals surface area contributed by atoms with Gasteiger partial charge in [-0.1, -0.05) is 0 Å². The van der Waals surface area contributed by atoms with Crippen LogP contribution >= 0.6 is 0 Å². The smallest absolute Gasteiger partial charge is 0.416 e. The molecule has 0 radical (unpaired) electrons. The lowest BCUT2D eigenvalue weighted by Crippen LogP contribution is -2.11. The number of carbonyl (C=O) groups is 1. The normalized spacial score (nSPS) is 12.2. The molecule has 0 spiro atoms. The summed E-state index contributed by atoms with van der Waals surface area (Å²) in [6, 6.07) is 2.38. The standard InChI is InChI=1S/C18H12F6N6O2/c19-17(20,21)11-3-10(4-12(5-11)18(22,23)24)16-27-9-30(29-16)2-1-15(31)32-14-6-13(28-25)7-26-8-14/h1-9,28H,25H2/b2-1-. The Bertz CT molecular complexity index is 1120. The molecule has 2 aromatic heterocycles. The molecular formula is C18H12F6N6O2. The number of hydrogen-bond donors (Lipinski definition) is 2. The van der Waals surface area contributed by atoms with Crippen LogP contribution in [0.4, 0.5) is 32.0 Å². The van der Waals surface area contributed by atoms with E-state index < -0.39 is 40.8 Å². The van der Waals surface area contributed by atoms with Crippen molar-refractivity contribution in [2.24, 2.45) is 5.84 Å². The topological polar surface area (TPSA) is 108 Å². The zero-order chi connectivity index (χ0) is 23.5. The largest absolute Gasteiger partial charge is 0.422 e. The number of nitrogens with two attached hydrogens (primary N) is 1. The number of pyridine rings is 1. The minimum absolute atomic E-state index is 0.000438. The molecule has 3 rings (SSSR count). The predicted octanol–water partition coefficient (Wildman–Crippen LogP) is 3.74. The van der Waals surface area contributed by atoms with Gasteiger partial charge in [0.2, 0.25) is 0 Å². The Morgan fingerprint density at radius 3 is 2.28 bits per heavy atom. The van der Waals surface area contributed by atoms with E-state index in [1.165, 1.54) is 18.5 Å². The number of nitrogens with one attached hydrogen (secondary N) is 1. The van der Waals surface area contributed by atoms with Crippen LogP contribution in [-0.2, 0) is 17.1 Å². The van der Waals surface area contributed by atoms with E-state index in [4.69, 9.17) is 10.6 Å². The Balaban J connectivity index is 1.81. The monoisotopic (exact) mass is 458 g/mol. The number of benzene rings is 1. The molecule has 0 saturated heterocycles. The average Bonchev–Trinajstić information content (AvgIpc) is 3.20. The first-order valence-electron chi connectivity index (χ1n) is 8.48. The first-order valence-corrected chi connectivity index (χ1v) is 8.48. The number of hydrazine groups is 1. The molecule has 0 amide bonds. The molecule has 0 bridgehead atoms. The van der Waals surface area contributed by atoms with Crippen molar-refractivity contribution in [1.82, 2.24) is 19.7 Å². The number of carbonyl (C=O) groups excluding carboxylic acids is 1. The summed E-state index contributed by atoms with van der Waals surface area (Å²) in [5.74, 6) is 4.00. The third-order valence-electron chi connectivity index (χ3n) is 3.82. The van der Waals surface area contributed by atoms with Gasteiger partial charge in [0.15, 0.2) is 11.6 Å². The van der Waals surface area contributed by atoms with Gasteiger partial charge < -0.3 is 10.2 Å². The molecule has 14 heteroatoms. The molecule has 0 unspecified atom stereocenters. The van der Waals surface area contributed by atoms with Gasteiger partial charge in [0.1, 0.15) is 6.33 Å². The van der Waals surface area contributed by atoms with Gasteiger partial charge in [-0.05, 0) is 18.2 Å². The number of nitrogen functional groups attached to an aromatic ring is 1. The van der Waals surface area contributed by atoms with Crippen molar-refractivity contribution in [3.63, 3.8) is 0 Å². The van der Waals surface area contributed by atoms with Crippen molar-refractivity contribution in [3.05, 3.63) is 60.2 Å². The molecule has 32 heavy (non-hydrogen) atoms. The summed E-state index contributed by atoms with van der Waals surface area (Å²) in [6.45, 7) is 0. The number of esters is 1. The second kappa shape index (κ2) is 8.66. The second-order valence-electron chi connectivity index (χ2n) is 6.13. The Kier molecular flexibility index (Phi) is 6.16. The van der Waals surface area contributed by atoms with Crippen LogP contribution in [0.2, 0.25) is 0 Å². The van der Waals surface area contributed by atoms with Gasteiger partial charge in [0.25, 0.3) is 0 Å². The van der Waals surface area contributed by atoms with Crippen LogP contribution in [0.3, 0.4) is 0 Å². The van der Waals surface area contributed by atoms with Gasteiger partial charge in [-0.25, -0.2) is 14.5 Å². The summed E-state index contributed by atoms with van der Waals surface area (Å²) in [7, 11) is 0. The van der Waals surface area contributed by atoms with E-state index in [1.807, 2.05) is 0 Å². The molecule has 0 fully saturated rings. The molecule has 1 aromatic carbocycles. The number of ether oxygens (including phenoxy) is 1. The lowest BCUT2D eigenvalue weighted by Gasteiger charge is -2.13. The zero-order valence-corrected chi connectivity index (χ0v) is 15.6. The highest BCUT2D eigenvalue weighted by molar-refractivity contribution is 5.86. The maximum atomic E-state index is 13.0. The van der Waals surface area contributed by atoms with E-state index in [2.05, 4.69) is 20.5 Å². The van der Waals surface area contributed by atoms with Crippen LogP contribution in [0.25, 0.3) is 17.6 Å². The van der Waals surface area contributed by atoms with Crippen LogP contribution in [-0.4, -0.2) is 25.7 Å². The molecule has 0 saturated carbocycles. The Hall–Kier alpha value is -3.94. The Labute approximate surface area is 175 Å². The van der Waals surface area contributed by atoms with Crippen LogP contribution in [0.1, 0.15) is 11.1 Å². The second-order valence-corrected chi connectivity index (χ2v) is 6.13. The highest BCUT2D eigenvalue weighted by atomic mass is 19.4. The van der Waals surface area contributed by atoms with Gasteiger partial charge >= 0.3 is 18.3 Å². The first kappa shape index (κ1) is 22.7. The fraction of sp³-hybridized carbons (Fsp3) is 0.111. The molecule has 3 aromatic rings. The van der Waals surface area contributed by atoms with Crippen molar-refractivity contribution >= 4 is 17.9 Å². The van der Waals surface area contributed by atoms with Crippen molar-refractivity contribution in [1.29, 1.82) is 0 Å². The molecule has 0 aliphatic carbocycles. The predicted molar refractivity (Wildman–Crippen MR) is 98.5 cm³/mol. The highest BCUT2D eigenvalue weighted by Gasteiger charge is 2.37. The summed E-state index contributed by atoms with van der Waals surface area (Å²) >= 11 is 0. The van der Waals surface area contributed by atoms with Crippen molar-refractivity contribution < 1.29 is 35.9 Å². The third kappa shape index (κ3) is 5.60. The zero-order valence-electron chi connectivity index (χ0n) is 15.6. The summed E-state index contributed by atoms with van der Waals surface area (Å²) in [6.07, 6.45) is -4.44. The number of anilines is 1. The van der Waals surface area contributed by atoms with Gasteiger partial charge in [-0.2, -0.15) is 26.3 Å².